The molecule has 0 saturated heterocycles. The fraction of sp³-hybridized carbons (Fsp3) is 0.468. The van der Waals surface area contributed by atoms with E-state index in [9.17, 15) is 22.6 Å². The third-order valence-corrected chi connectivity index (χ3v) is 15.9. The molecule has 0 unspecified atom stereocenters. The minimum atomic E-state index is -4.80. The molecule has 2 aliphatic carbocycles. The summed E-state index contributed by atoms with van der Waals surface area (Å²) >= 11 is 3.63. The van der Waals surface area contributed by atoms with Crippen LogP contribution in [0.2, 0.25) is 0 Å². The van der Waals surface area contributed by atoms with Crippen molar-refractivity contribution in [2.24, 2.45) is 31.3 Å². The van der Waals surface area contributed by atoms with Crippen LogP contribution in [0.4, 0.5) is 56.0 Å². The first-order valence-electron chi connectivity index (χ1n) is 23.8. The zero-order valence-corrected chi connectivity index (χ0v) is 49.0. The lowest BCUT2D eigenvalue weighted by atomic mass is 9.76. The van der Waals surface area contributed by atoms with Crippen molar-refractivity contribution >= 4 is 133 Å². The van der Waals surface area contributed by atoms with E-state index in [4.69, 9.17) is 54.8 Å². The zero-order chi connectivity index (χ0) is 57.2. The van der Waals surface area contributed by atoms with Gasteiger partial charge in [0.2, 0.25) is 11.9 Å². The smallest absolute Gasteiger partial charge is 0.425 e. The Bertz CT molecular complexity index is 3390. The molecule has 0 aliphatic heterocycles. The molecule has 24 nitrogen and oxygen atoms in total. The number of hydrogen-bond donors (Lipinski definition) is 3. The number of nitrogens with one attached hydrogen (secondary N) is 2. The number of Topliss-reactive ketones (excluding diaryl/α,β-unsaturated/α-hetero) is 2. The Labute approximate surface area is 461 Å². The summed E-state index contributed by atoms with van der Waals surface area (Å²) in [7, 11) is -7.88. The molecule has 3 aromatic heterocycles. The molecule has 0 saturated carbocycles. The van der Waals surface area contributed by atoms with E-state index in [2.05, 4.69) is 63.5 Å². The number of methoxy groups -OCH3 is 2. The molecule has 5 aromatic rings. The summed E-state index contributed by atoms with van der Waals surface area (Å²) in [5.74, 6) is 1.93. The van der Waals surface area contributed by atoms with Gasteiger partial charge in [-0.05, 0) is 86.4 Å². The van der Waals surface area contributed by atoms with Crippen molar-refractivity contribution in [2.45, 2.75) is 98.0 Å². The molecular weight excluding hydrogens is 1120 g/mol. The first kappa shape index (κ1) is 61.5. The maximum absolute atomic E-state index is 13.2. The van der Waals surface area contributed by atoms with Gasteiger partial charge in [-0.25, -0.2) is 0 Å². The second-order valence-electron chi connectivity index (χ2n) is 18.5. The number of ketones is 2. The monoisotopic (exact) mass is 1180 g/mol. The Morgan fingerprint density at radius 2 is 1.12 bits per heavy atom. The molecule has 0 bridgehead atoms. The number of nitrogens with zero attached hydrogens (tertiary/aromatic N) is 9. The number of thioether (sulfide) groups is 1. The fourth-order valence-electron chi connectivity index (χ4n) is 8.67. The standard InChI is InChI=1S/C47H59N11O7S4.2O3S/c1-12-57(13-2)32-18-28(30(20-36(32)64-10)53-55-38-17-26-22-46(6,7)24-34(59)39(26)67-38)48-43-50-44(52-45(51-43)66-16-5)49-29-19-33(58(14-3)15-4)37(65-11)21-31(29)54-56-42-41(69(61,62)63)27-23-47(8,9)25-35(60)40(27)68-42;2*1-4(2)3/h17-21H,12-16,22-25H2,1-11H3,(H,61,62,63)(H2,48,49,50,51,52);;. The van der Waals surface area contributed by atoms with Crippen LogP contribution in [0.3, 0.4) is 0 Å². The SMILES string of the molecule is CCSc1nc(Nc2cc(N(CC)CC)c(OC)cc2N=Nc2cc3c(s2)C(=O)CC(C)(C)C3)nc(Nc2cc(N(CC)CC)c(OC)cc2N=Nc2sc3c(c2S(=O)(=O)O)CC(C)(C)CC3=O)n1.O=S(=O)=O.O=S(=O)=O. The van der Waals surface area contributed by atoms with Crippen LogP contribution in [0.15, 0.2) is 60.8 Å². The summed E-state index contributed by atoms with van der Waals surface area (Å²) < 4.78 is 98.7. The van der Waals surface area contributed by atoms with Crippen LogP contribution < -0.4 is 29.9 Å². The third-order valence-electron chi connectivity index (χ3n) is 11.8. The molecule has 77 heavy (non-hydrogen) atoms. The predicted octanol–water partition coefficient (Wildman–Crippen LogP) is 10.7. The van der Waals surface area contributed by atoms with Crippen molar-refractivity contribution in [3.05, 3.63) is 51.2 Å². The zero-order valence-electron chi connectivity index (χ0n) is 44.1. The van der Waals surface area contributed by atoms with Gasteiger partial charge in [0, 0.05) is 51.2 Å². The minimum Gasteiger partial charge on any atom is -0.494 e. The molecule has 7 rings (SSSR count). The van der Waals surface area contributed by atoms with Gasteiger partial charge < -0.3 is 29.9 Å². The number of hydrogen-bond acceptors (Lipinski definition) is 26. The third kappa shape index (κ3) is 16.1. The van der Waals surface area contributed by atoms with E-state index < -0.39 is 41.6 Å². The van der Waals surface area contributed by atoms with E-state index in [1.807, 2.05) is 52.8 Å². The quantitative estimate of drug-likeness (QED) is 0.0393. The number of benzene rings is 2. The van der Waals surface area contributed by atoms with Crippen molar-refractivity contribution in [3.63, 3.8) is 0 Å². The van der Waals surface area contributed by atoms with Crippen molar-refractivity contribution in [1.82, 2.24) is 15.0 Å². The van der Waals surface area contributed by atoms with E-state index >= 15 is 0 Å². The second-order valence-corrected chi connectivity index (χ2v) is 24.0. The highest BCUT2D eigenvalue weighted by Crippen LogP contribution is 2.49. The molecule has 0 amide bonds. The highest BCUT2D eigenvalue weighted by atomic mass is 32.2. The number of thiophene rings is 2. The molecule has 416 valence electrons. The molecule has 0 radical (unpaired) electrons. The Hall–Kier alpha value is -6.31. The number of ether oxygens (including phenoxy) is 2. The average Bonchev–Trinajstić information content (AvgIpc) is 3.92. The summed E-state index contributed by atoms with van der Waals surface area (Å²) in [5.41, 5.74) is 3.70. The lowest BCUT2D eigenvalue weighted by Gasteiger charge is -2.28. The molecular formula is C47H59N11O13S6. The number of rotatable bonds is 19. The number of carbonyl (C=O) groups is 2. The lowest BCUT2D eigenvalue weighted by Crippen LogP contribution is -2.26. The Balaban J connectivity index is 0.00000128. The van der Waals surface area contributed by atoms with Crippen LogP contribution in [0.25, 0.3) is 0 Å². The largest absolute Gasteiger partial charge is 0.494 e. The normalized spacial score (nSPS) is 14.4. The van der Waals surface area contributed by atoms with Crippen LogP contribution in [0, 0.1) is 10.8 Å². The van der Waals surface area contributed by atoms with Crippen molar-refractivity contribution in [1.29, 1.82) is 0 Å². The highest BCUT2D eigenvalue weighted by molar-refractivity contribution is 7.99. The molecule has 2 aliphatic rings. The molecule has 3 heterocycles. The van der Waals surface area contributed by atoms with E-state index in [0.717, 1.165) is 39.6 Å². The summed E-state index contributed by atoms with van der Waals surface area (Å²) in [6, 6.07) is 9.16. The van der Waals surface area contributed by atoms with Gasteiger partial charge in [-0.3, -0.25) is 14.1 Å². The van der Waals surface area contributed by atoms with Gasteiger partial charge in [0.05, 0.1) is 46.7 Å². The maximum atomic E-state index is 13.2. The van der Waals surface area contributed by atoms with Crippen LogP contribution in [0.1, 0.15) is 106 Å². The number of azo groups is 2. The van der Waals surface area contributed by atoms with Crippen LogP contribution in [-0.2, 0) is 44.2 Å². The van der Waals surface area contributed by atoms with Crippen molar-refractivity contribution in [2.75, 3.05) is 66.6 Å². The Kier molecular flexibility index (Phi) is 21.1. The summed E-state index contributed by atoms with van der Waals surface area (Å²) in [6.45, 7) is 20.8. The van der Waals surface area contributed by atoms with Crippen LogP contribution in [0.5, 0.6) is 11.5 Å². The van der Waals surface area contributed by atoms with Gasteiger partial charge in [-0.2, -0.15) is 23.4 Å². The van der Waals surface area contributed by atoms with Gasteiger partial charge in [0.25, 0.3) is 10.1 Å². The number of fused-ring (bicyclic) bond motifs is 2. The number of anilines is 6. The van der Waals surface area contributed by atoms with Crippen LogP contribution in [-0.4, -0.2) is 111 Å². The molecule has 0 atom stereocenters. The summed E-state index contributed by atoms with van der Waals surface area (Å²) in [5, 5.41) is 25.9. The lowest BCUT2D eigenvalue weighted by molar-refractivity contribution is 0.0907. The van der Waals surface area contributed by atoms with E-state index in [-0.39, 0.29) is 62.8 Å². The Morgan fingerprint density at radius 3 is 1.56 bits per heavy atom. The number of carbonyl (C=O) groups excluding carboxylic acids is 2. The summed E-state index contributed by atoms with van der Waals surface area (Å²) in [6.07, 6.45) is 1.74. The summed E-state index contributed by atoms with van der Waals surface area (Å²) in [4.78, 5) is 45.5. The Morgan fingerprint density at radius 1 is 0.662 bits per heavy atom. The van der Waals surface area contributed by atoms with E-state index in [1.54, 1.807) is 26.4 Å². The van der Waals surface area contributed by atoms with Gasteiger partial charge in [0.1, 0.15) is 32.8 Å². The van der Waals surface area contributed by atoms with Gasteiger partial charge in [0.15, 0.2) is 21.7 Å². The highest BCUT2D eigenvalue weighted by Gasteiger charge is 2.39. The van der Waals surface area contributed by atoms with Gasteiger partial charge in [-0.15, -0.1) is 68.4 Å². The second kappa shape index (κ2) is 26.4. The first-order valence-corrected chi connectivity index (χ1v) is 29.8. The predicted molar refractivity (Wildman–Crippen MR) is 295 cm³/mol. The van der Waals surface area contributed by atoms with Gasteiger partial charge >= 0.3 is 21.2 Å². The van der Waals surface area contributed by atoms with Gasteiger partial charge in [-0.1, -0.05) is 46.4 Å². The van der Waals surface area contributed by atoms with E-state index in [1.165, 1.54) is 23.1 Å². The van der Waals surface area contributed by atoms with Crippen molar-refractivity contribution in [3.8, 4) is 11.5 Å². The van der Waals surface area contributed by atoms with Crippen LogP contribution >= 0.6 is 34.4 Å². The number of aromatic nitrogens is 3. The van der Waals surface area contributed by atoms with Crippen molar-refractivity contribution < 1.29 is 57.3 Å². The molecule has 2 aromatic carbocycles. The fourth-order valence-corrected chi connectivity index (χ4v) is 12.4. The minimum absolute atomic E-state index is 0.114. The molecule has 0 fully saturated rings. The topological polar surface area (TPSA) is 328 Å². The van der Waals surface area contributed by atoms with E-state index in [0.29, 0.717) is 77.1 Å². The first-order chi connectivity index (χ1) is 36.2. The maximum Gasteiger partial charge on any atom is 0.425 e. The molecule has 0 spiro atoms. The molecule has 30 heteroatoms. The average molecular weight is 1180 g/mol. The molecule has 3 N–H and O–H groups in total.